The number of anilines is 1. The molecule has 3 amide bonds. The minimum atomic E-state index is -1.77. The lowest BCUT2D eigenvalue weighted by atomic mass is 10.0. The van der Waals surface area contributed by atoms with E-state index in [0.717, 1.165) is 0 Å². The van der Waals surface area contributed by atoms with E-state index in [1.165, 1.54) is 50.5 Å². The molecule has 2 aromatic carbocycles. The van der Waals surface area contributed by atoms with Gasteiger partial charge in [-0.25, -0.2) is 0 Å². The number of aromatic hydroxyl groups is 2. The van der Waals surface area contributed by atoms with Crippen LogP contribution in [-0.4, -0.2) is 65.3 Å². The Labute approximate surface area is 179 Å². The number of hydrogen-bond acceptors (Lipinski definition) is 7. The molecule has 7 N–H and O–H groups in total. The van der Waals surface area contributed by atoms with E-state index in [1.807, 2.05) is 0 Å². The number of nitrogens with one attached hydrogen (secondary N) is 4. The van der Waals surface area contributed by atoms with Gasteiger partial charge in [0.05, 0.1) is 0 Å². The third kappa shape index (κ3) is 6.69. The maximum atomic E-state index is 12.7. The number of phenols is 2. The molecule has 166 valence electrons. The third-order valence-corrected chi connectivity index (χ3v) is 4.55. The highest BCUT2D eigenvalue weighted by molar-refractivity contribution is 5.99. The molecule has 2 aromatic rings. The number of carbonyl (C=O) groups excluding carboxylic acids is 3. The van der Waals surface area contributed by atoms with Gasteiger partial charge in [-0.1, -0.05) is 18.2 Å². The van der Waals surface area contributed by atoms with Crippen molar-refractivity contribution in [2.24, 2.45) is 0 Å². The number of carbonyl (C=O) groups is 3. The van der Waals surface area contributed by atoms with Crippen molar-refractivity contribution >= 4 is 23.4 Å². The monoisotopic (exact) mass is 430 g/mol. The summed E-state index contributed by atoms with van der Waals surface area (Å²) in [6.45, 7) is 0. The average Bonchev–Trinajstić information content (AvgIpc) is 2.74. The smallest absolute Gasteiger partial charge is 0.255 e. The van der Waals surface area contributed by atoms with Crippen molar-refractivity contribution in [3.8, 4) is 11.5 Å². The molecule has 0 aliphatic carbocycles. The predicted octanol–water partition coefficient (Wildman–Crippen LogP) is -0.541. The van der Waals surface area contributed by atoms with Crippen molar-refractivity contribution in [3.05, 3.63) is 54.1 Å². The van der Waals surface area contributed by atoms with Crippen LogP contribution in [0.2, 0.25) is 0 Å². The predicted molar refractivity (Wildman–Crippen MR) is 113 cm³/mol. The van der Waals surface area contributed by atoms with Crippen LogP contribution in [0, 0.1) is 0 Å². The van der Waals surface area contributed by atoms with Gasteiger partial charge < -0.3 is 36.6 Å². The van der Waals surface area contributed by atoms with Gasteiger partial charge in [-0.3, -0.25) is 14.4 Å². The van der Waals surface area contributed by atoms with Crippen LogP contribution in [0.15, 0.2) is 48.5 Å². The normalized spacial score (nSPS) is 13.5. The zero-order chi connectivity index (χ0) is 23.0. The number of likely N-dealkylation sites (N-methyl/N-ethyl adjacent to an activating group) is 2. The number of phenolic OH excluding ortho intramolecular Hbond substituents is 2. The van der Waals surface area contributed by atoms with Crippen LogP contribution in [0.3, 0.4) is 0 Å². The van der Waals surface area contributed by atoms with Crippen LogP contribution in [0.4, 0.5) is 5.69 Å². The van der Waals surface area contributed by atoms with Crippen LogP contribution in [-0.2, 0) is 20.8 Å². The van der Waals surface area contributed by atoms with E-state index >= 15 is 0 Å². The number of rotatable bonds is 9. The zero-order valence-electron chi connectivity index (χ0n) is 17.1. The van der Waals surface area contributed by atoms with Crippen molar-refractivity contribution in [3.63, 3.8) is 0 Å². The lowest BCUT2D eigenvalue weighted by molar-refractivity contribution is -0.135. The minimum absolute atomic E-state index is 0.0698. The Morgan fingerprint density at radius 3 is 2.16 bits per heavy atom. The number of benzene rings is 2. The van der Waals surface area contributed by atoms with Gasteiger partial charge >= 0.3 is 0 Å². The first-order chi connectivity index (χ1) is 14.7. The molecule has 0 aliphatic heterocycles. The number of hydrogen-bond donors (Lipinski definition) is 7. The summed E-state index contributed by atoms with van der Waals surface area (Å²) in [4.78, 5) is 37.3. The second-order valence-electron chi connectivity index (χ2n) is 6.80. The highest BCUT2D eigenvalue weighted by Gasteiger charge is 2.33. The van der Waals surface area contributed by atoms with Gasteiger partial charge in [0.1, 0.15) is 23.6 Å². The lowest BCUT2D eigenvalue weighted by Gasteiger charge is -2.24. The van der Waals surface area contributed by atoms with E-state index in [9.17, 15) is 29.7 Å². The van der Waals surface area contributed by atoms with Crippen molar-refractivity contribution in [2.45, 2.75) is 24.6 Å². The Bertz CT molecular complexity index is 918. The molecule has 10 heteroatoms. The molecule has 3 unspecified atom stereocenters. The fourth-order valence-electron chi connectivity index (χ4n) is 2.90. The van der Waals surface area contributed by atoms with Gasteiger partial charge in [0.15, 0.2) is 6.10 Å². The first kappa shape index (κ1) is 23.6. The Hall–Kier alpha value is -3.63. The number of aliphatic hydroxyl groups excluding tert-OH is 1. The Morgan fingerprint density at radius 1 is 0.903 bits per heavy atom. The topological polar surface area (TPSA) is 160 Å². The summed E-state index contributed by atoms with van der Waals surface area (Å²) in [5.74, 6) is -2.09. The third-order valence-electron chi connectivity index (χ3n) is 4.55. The van der Waals surface area contributed by atoms with Gasteiger partial charge in [-0.05, 0) is 36.9 Å². The molecule has 0 saturated carbocycles. The van der Waals surface area contributed by atoms with Crippen molar-refractivity contribution < 1.29 is 29.7 Å². The minimum Gasteiger partial charge on any atom is -0.508 e. The van der Waals surface area contributed by atoms with Gasteiger partial charge in [0.25, 0.3) is 5.91 Å². The molecule has 0 aliphatic rings. The molecule has 0 aromatic heterocycles. The molecule has 0 spiro atoms. The summed E-state index contributed by atoms with van der Waals surface area (Å²) in [5, 5.41) is 39.2. The van der Waals surface area contributed by atoms with Crippen molar-refractivity contribution in [2.75, 3.05) is 19.4 Å². The van der Waals surface area contributed by atoms with E-state index in [2.05, 4.69) is 21.3 Å². The van der Waals surface area contributed by atoms with Gasteiger partial charge in [-0.15, -0.1) is 0 Å². The van der Waals surface area contributed by atoms with Crippen LogP contribution in [0.25, 0.3) is 0 Å². The average molecular weight is 430 g/mol. The molecule has 0 heterocycles. The van der Waals surface area contributed by atoms with Crippen LogP contribution in [0.1, 0.15) is 5.56 Å². The molecule has 0 fully saturated rings. The lowest BCUT2D eigenvalue weighted by Crippen LogP contribution is -2.58. The SMILES string of the molecule is CNC(=O)C(Cc1ccc(O)cc1)NC(=O)C(NC)C(O)C(=O)Nc1cccc(O)c1. The molecule has 3 atom stereocenters. The Morgan fingerprint density at radius 2 is 1.58 bits per heavy atom. The van der Waals surface area contributed by atoms with Gasteiger partial charge in [-0.2, -0.15) is 0 Å². The van der Waals surface area contributed by atoms with E-state index in [4.69, 9.17) is 0 Å². The summed E-state index contributed by atoms with van der Waals surface area (Å²) in [6, 6.07) is 9.57. The number of aliphatic hydroxyl groups is 1. The second-order valence-corrected chi connectivity index (χ2v) is 6.80. The summed E-state index contributed by atoms with van der Waals surface area (Å²) >= 11 is 0. The van der Waals surface area contributed by atoms with E-state index < -0.39 is 35.9 Å². The van der Waals surface area contributed by atoms with E-state index in [1.54, 1.807) is 12.1 Å². The maximum absolute atomic E-state index is 12.7. The molecule has 0 saturated heterocycles. The summed E-state index contributed by atoms with van der Waals surface area (Å²) < 4.78 is 0. The van der Waals surface area contributed by atoms with Crippen LogP contribution >= 0.6 is 0 Å². The summed E-state index contributed by atoms with van der Waals surface area (Å²) in [6.07, 6.45) is -1.64. The molecule has 0 radical (unpaired) electrons. The Kier molecular flexibility index (Phi) is 8.35. The van der Waals surface area contributed by atoms with E-state index in [0.29, 0.717) is 5.56 Å². The summed E-state index contributed by atoms with van der Waals surface area (Å²) in [5.41, 5.74) is 0.935. The molecule has 0 bridgehead atoms. The largest absolute Gasteiger partial charge is 0.508 e. The zero-order valence-corrected chi connectivity index (χ0v) is 17.1. The molecule has 2 rings (SSSR count). The number of amides is 3. The second kappa shape index (κ2) is 11.0. The quantitative estimate of drug-likeness (QED) is 0.281. The highest BCUT2D eigenvalue weighted by atomic mass is 16.3. The van der Waals surface area contributed by atoms with Gasteiger partial charge in [0, 0.05) is 25.2 Å². The summed E-state index contributed by atoms with van der Waals surface area (Å²) in [7, 11) is 2.81. The van der Waals surface area contributed by atoms with Gasteiger partial charge in [0.2, 0.25) is 11.8 Å². The Balaban J connectivity index is 2.09. The van der Waals surface area contributed by atoms with Crippen molar-refractivity contribution in [1.29, 1.82) is 0 Å². The fraction of sp³-hybridized carbons (Fsp3) is 0.286. The highest BCUT2D eigenvalue weighted by Crippen LogP contribution is 2.16. The standard InChI is InChI=1S/C21H26N4O6/c1-22-17(18(28)21(31)24-13-4-3-5-15(27)11-13)20(30)25-16(19(29)23-2)10-12-6-8-14(26)9-7-12/h3-9,11,16-18,22,26-28H,10H2,1-2H3,(H,23,29)(H,24,31)(H,25,30). The van der Waals surface area contributed by atoms with Crippen LogP contribution < -0.4 is 21.3 Å². The molecular formula is C21H26N4O6. The first-order valence-corrected chi connectivity index (χ1v) is 9.50. The van der Waals surface area contributed by atoms with Crippen LogP contribution in [0.5, 0.6) is 11.5 Å². The van der Waals surface area contributed by atoms with Crippen molar-refractivity contribution in [1.82, 2.24) is 16.0 Å². The molecule has 10 nitrogen and oxygen atoms in total. The molecular weight excluding hydrogens is 404 g/mol. The fourth-order valence-corrected chi connectivity index (χ4v) is 2.90. The molecule has 31 heavy (non-hydrogen) atoms. The van der Waals surface area contributed by atoms with E-state index in [-0.39, 0.29) is 23.6 Å². The maximum Gasteiger partial charge on any atom is 0.255 e. The first-order valence-electron chi connectivity index (χ1n) is 9.50.